The number of nitrogens with zero attached hydrogens (tertiary/aromatic N) is 4. The molecule has 10 nitrogen and oxygen atoms in total. The number of amides is 1. The normalized spacial score (nSPS) is 10.4. The number of tetrazole rings is 1. The van der Waals surface area contributed by atoms with Crippen LogP contribution in [0.2, 0.25) is 0 Å². The highest BCUT2D eigenvalue weighted by atomic mass is 32.2. The zero-order valence-corrected chi connectivity index (χ0v) is 17.4. The highest BCUT2D eigenvalue weighted by Gasteiger charge is 2.18. The summed E-state index contributed by atoms with van der Waals surface area (Å²) in [6.45, 7) is 0. The van der Waals surface area contributed by atoms with Crippen molar-refractivity contribution in [1.29, 1.82) is 0 Å². The molecule has 1 aromatic carbocycles. The van der Waals surface area contributed by atoms with Crippen molar-refractivity contribution in [3.05, 3.63) is 34.5 Å². The van der Waals surface area contributed by atoms with Crippen molar-refractivity contribution in [2.75, 3.05) is 32.4 Å². The quantitative estimate of drug-likeness (QED) is 0.420. The van der Waals surface area contributed by atoms with E-state index < -0.39 is 5.97 Å². The van der Waals surface area contributed by atoms with E-state index in [-0.39, 0.29) is 11.7 Å². The van der Waals surface area contributed by atoms with Gasteiger partial charge in [-0.15, -0.1) is 16.4 Å². The molecule has 0 bridgehead atoms. The molecule has 3 aromatic rings. The van der Waals surface area contributed by atoms with E-state index in [0.29, 0.717) is 32.9 Å². The van der Waals surface area contributed by atoms with E-state index in [0.717, 1.165) is 11.8 Å². The van der Waals surface area contributed by atoms with Crippen LogP contribution in [0.15, 0.2) is 34.8 Å². The number of carbonyl (C=O) groups is 2. The van der Waals surface area contributed by atoms with E-state index in [1.54, 1.807) is 36.8 Å². The summed E-state index contributed by atoms with van der Waals surface area (Å²) in [6, 6.07) is 6.87. The molecule has 12 heteroatoms. The summed E-state index contributed by atoms with van der Waals surface area (Å²) in [5.41, 5.74) is 0.979. The lowest BCUT2D eigenvalue weighted by atomic mass is 10.3. The van der Waals surface area contributed by atoms with Crippen LogP contribution in [0.1, 0.15) is 9.67 Å². The van der Waals surface area contributed by atoms with Gasteiger partial charge in [0.15, 0.2) is 0 Å². The van der Waals surface area contributed by atoms with Crippen molar-refractivity contribution in [3.8, 4) is 17.2 Å². The number of thioether (sulfide) groups is 1. The molecule has 0 aliphatic heterocycles. The number of hydrogen-bond donors (Lipinski definition) is 1. The molecule has 152 valence electrons. The minimum absolute atomic E-state index is 0.0309. The number of benzene rings is 1. The summed E-state index contributed by atoms with van der Waals surface area (Å²) < 4.78 is 16.8. The Morgan fingerprint density at radius 3 is 2.76 bits per heavy atom. The molecule has 0 unspecified atom stereocenters. The zero-order chi connectivity index (χ0) is 20.8. The Balaban J connectivity index is 1.72. The zero-order valence-electron chi connectivity index (χ0n) is 15.7. The van der Waals surface area contributed by atoms with Crippen LogP contribution in [0, 0.1) is 0 Å². The lowest BCUT2D eigenvalue weighted by molar-refractivity contribution is -0.113. The van der Waals surface area contributed by atoms with Gasteiger partial charge in [0.1, 0.15) is 22.1 Å². The van der Waals surface area contributed by atoms with Crippen LogP contribution in [0.3, 0.4) is 0 Å². The number of anilines is 1. The van der Waals surface area contributed by atoms with Gasteiger partial charge < -0.3 is 19.5 Å². The number of ether oxygens (including phenoxy) is 3. The van der Waals surface area contributed by atoms with Crippen molar-refractivity contribution in [1.82, 2.24) is 20.2 Å². The Morgan fingerprint density at radius 2 is 2.03 bits per heavy atom. The van der Waals surface area contributed by atoms with E-state index in [2.05, 4.69) is 20.8 Å². The third-order valence-corrected chi connectivity index (χ3v) is 5.51. The van der Waals surface area contributed by atoms with Gasteiger partial charge >= 0.3 is 5.97 Å². The summed E-state index contributed by atoms with van der Waals surface area (Å²) in [4.78, 5) is 24.4. The van der Waals surface area contributed by atoms with Gasteiger partial charge in [-0.3, -0.25) is 4.79 Å². The molecule has 3 rings (SSSR count). The molecule has 1 amide bonds. The van der Waals surface area contributed by atoms with Gasteiger partial charge in [-0.2, -0.15) is 4.68 Å². The second-order valence-electron chi connectivity index (χ2n) is 5.40. The maximum Gasteiger partial charge on any atom is 0.350 e. The molecule has 0 aliphatic rings. The third kappa shape index (κ3) is 4.66. The average Bonchev–Trinajstić information content (AvgIpc) is 3.40. The summed E-state index contributed by atoms with van der Waals surface area (Å²) in [5.74, 6) is 0.370. The smallest absolute Gasteiger partial charge is 0.350 e. The first-order valence-corrected chi connectivity index (χ1v) is 10.0. The topological polar surface area (TPSA) is 117 Å². The first kappa shape index (κ1) is 20.6. The Morgan fingerprint density at radius 1 is 1.21 bits per heavy atom. The molecule has 0 spiro atoms. The molecule has 0 radical (unpaired) electrons. The van der Waals surface area contributed by atoms with Gasteiger partial charge in [-0.25, -0.2) is 4.79 Å². The van der Waals surface area contributed by atoms with E-state index in [4.69, 9.17) is 14.2 Å². The fourth-order valence-corrected chi connectivity index (χ4v) is 3.81. The van der Waals surface area contributed by atoms with Crippen LogP contribution in [0.25, 0.3) is 5.69 Å². The number of aromatic nitrogens is 4. The van der Waals surface area contributed by atoms with Crippen molar-refractivity contribution >= 4 is 40.7 Å². The number of nitrogens with one attached hydrogen (secondary N) is 1. The largest absolute Gasteiger partial charge is 0.497 e. The van der Waals surface area contributed by atoms with Crippen molar-refractivity contribution < 1.29 is 23.8 Å². The number of thiophene rings is 1. The lowest BCUT2D eigenvalue weighted by Crippen LogP contribution is -2.16. The summed E-state index contributed by atoms with van der Waals surface area (Å²) in [6.07, 6.45) is 0. The van der Waals surface area contributed by atoms with Crippen LogP contribution in [-0.4, -0.2) is 59.2 Å². The maximum atomic E-state index is 12.3. The molecule has 2 aromatic heterocycles. The number of hydrogen-bond acceptors (Lipinski definition) is 10. The van der Waals surface area contributed by atoms with Gasteiger partial charge in [0.2, 0.25) is 11.1 Å². The number of carbonyl (C=O) groups excluding carboxylic acids is 2. The maximum absolute atomic E-state index is 12.3. The van der Waals surface area contributed by atoms with Gasteiger partial charge in [0.05, 0.1) is 32.8 Å². The first-order valence-electron chi connectivity index (χ1n) is 8.16. The van der Waals surface area contributed by atoms with Crippen molar-refractivity contribution in [2.45, 2.75) is 5.16 Å². The third-order valence-electron chi connectivity index (χ3n) is 3.70. The lowest BCUT2D eigenvalue weighted by Gasteiger charge is -2.11. The molecule has 0 atom stereocenters. The number of rotatable bonds is 8. The van der Waals surface area contributed by atoms with Gasteiger partial charge in [-0.05, 0) is 34.0 Å². The molecule has 2 heterocycles. The van der Waals surface area contributed by atoms with Crippen molar-refractivity contribution in [3.63, 3.8) is 0 Å². The Kier molecular flexibility index (Phi) is 6.67. The molecule has 0 fully saturated rings. The Bertz CT molecular complexity index is 1020. The Labute approximate surface area is 174 Å². The van der Waals surface area contributed by atoms with Crippen LogP contribution < -0.4 is 14.8 Å². The van der Waals surface area contributed by atoms with E-state index in [9.17, 15) is 9.59 Å². The molecule has 0 saturated carbocycles. The highest BCUT2D eigenvalue weighted by molar-refractivity contribution is 7.99. The fourth-order valence-electron chi connectivity index (χ4n) is 2.36. The van der Waals surface area contributed by atoms with Crippen LogP contribution >= 0.6 is 23.1 Å². The molecule has 0 saturated heterocycles. The molecule has 29 heavy (non-hydrogen) atoms. The fraction of sp³-hybridized carbons (Fsp3) is 0.235. The van der Waals surface area contributed by atoms with E-state index in [1.807, 2.05) is 0 Å². The molecular weight excluding hydrogens is 418 g/mol. The van der Waals surface area contributed by atoms with Crippen molar-refractivity contribution in [2.24, 2.45) is 0 Å². The second kappa shape index (κ2) is 9.39. The molecule has 1 N–H and O–H groups in total. The van der Waals surface area contributed by atoms with Crippen LogP contribution in [0.4, 0.5) is 5.69 Å². The van der Waals surface area contributed by atoms with Crippen LogP contribution in [-0.2, 0) is 9.53 Å². The standard InChI is InChI=1S/C17H17N5O5S2/c1-25-10-4-5-13(26-2)12(8-10)22-17(19-20-21-22)29-9-14(23)18-11-6-7-28-15(11)16(24)27-3/h4-8H,9H2,1-3H3,(H,18,23). The van der Waals surface area contributed by atoms with Gasteiger partial charge in [-0.1, -0.05) is 11.8 Å². The first-order chi connectivity index (χ1) is 14.1. The predicted octanol–water partition coefficient (Wildman–Crippen LogP) is 2.26. The van der Waals surface area contributed by atoms with E-state index in [1.165, 1.54) is 30.2 Å². The monoisotopic (exact) mass is 435 g/mol. The molecule has 0 aliphatic carbocycles. The SMILES string of the molecule is COC(=O)c1sccc1NC(=O)CSc1nnnn1-c1cc(OC)ccc1OC. The summed E-state index contributed by atoms with van der Waals surface area (Å²) in [5, 5.41) is 16.4. The minimum Gasteiger partial charge on any atom is -0.497 e. The predicted molar refractivity (Wildman–Crippen MR) is 107 cm³/mol. The average molecular weight is 435 g/mol. The summed E-state index contributed by atoms with van der Waals surface area (Å²) in [7, 11) is 4.38. The number of esters is 1. The summed E-state index contributed by atoms with van der Waals surface area (Å²) >= 11 is 2.33. The Hall–Kier alpha value is -3.12. The van der Waals surface area contributed by atoms with Crippen LogP contribution in [0.5, 0.6) is 11.5 Å². The molecular formula is C17H17N5O5S2. The van der Waals surface area contributed by atoms with Gasteiger partial charge in [0.25, 0.3) is 0 Å². The van der Waals surface area contributed by atoms with Gasteiger partial charge in [0, 0.05) is 6.07 Å². The van der Waals surface area contributed by atoms with E-state index >= 15 is 0 Å². The highest BCUT2D eigenvalue weighted by Crippen LogP contribution is 2.30. The second-order valence-corrected chi connectivity index (χ2v) is 7.26. The minimum atomic E-state index is -0.503. The number of methoxy groups -OCH3 is 3.